The predicted molar refractivity (Wildman–Crippen MR) is 137 cm³/mol. The smallest absolute Gasteiger partial charge is 0.243 e. The Balaban J connectivity index is 1.49. The van der Waals surface area contributed by atoms with Crippen LogP contribution in [0.15, 0.2) is 108 Å². The fourth-order valence-electron chi connectivity index (χ4n) is 3.47. The second-order valence-corrected chi connectivity index (χ2v) is 10.1. The van der Waals surface area contributed by atoms with Crippen LogP contribution < -0.4 is 10.1 Å². The highest BCUT2D eigenvalue weighted by Gasteiger charge is 2.27. The summed E-state index contributed by atoms with van der Waals surface area (Å²) in [7, 11) is -4.00. The summed E-state index contributed by atoms with van der Waals surface area (Å²) in [6, 6.07) is 28.0. The van der Waals surface area contributed by atoms with Gasteiger partial charge in [0.05, 0.1) is 11.4 Å². The van der Waals surface area contributed by atoms with E-state index in [1.165, 1.54) is 36.4 Å². The first-order chi connectivity index (χ1) is 17.3. The number of sulfonamides is 1. The lowest BCUT2D eigenvalue weighted by Gasteiger charge is -2.22. The van der Waals surface area contributed by atoms with Crippen molar-refractivity contribution in [2.24, 2.45) is 0 Å². The fraction of sp³-hybridized carbons (Fsp3) is 0.107. The van der Waals surface area contributed by atoms with Crippen LogP contribution in [0.4, 0.5) is 10.1 Å². The molecule has 0 aromatic heterocycles. The largest absolute Gasteiger partial charge is 0.457 e. The SMILES string of the molecule is Cc1ccc(S(=O)(=O)N(CC(=O)Nc2ccc(Oc3ccccc3)cc2)Cc2ccc(F)cc2)cc1. The van der Waals surface area contributed by atoms with Gasteiger partial charge in [-0.25, -0.2) is 12.8 Å². The maximum Gasteiger partial charge on any atom is 0.243 e. The molecule has 36 heavy (non-hydrogen) atoms. The van der Waals surface area contributed by atoms with Crippen LogP contribution in [0.25, 0.3) is 0 Å². The number of carbonyl (C=O) groups is 1. The molecule has 4 aromatic rings. The van der Waals surface area contributed by atoms with E-state index < -0.39 is 28.3 Å². The van der Waals surface area contributed by atoms with E-state index in [0.717, 1.165) is 9.87 Å². The van der Waals surface area contributed by atoms with E-state index in [1.807, 2.05) is 37.3 Å². The van der Waals surface area contributed by atoms with Crippen LogP contribution in [-0.2, 0) is 21.4 Å². The molecule has 6 nitrogen and oxygen atoms in total. The number of halogens is 1. The Morgan fingerprint density at radius 3 is 2.08 bits per heavy atom. The quantitative estimate of drug-likeness (QED) is 0.315. The summed E-state index contributed by atoms with van der Waals surface area (Å²) in [6.45, 7) is 1.35. The number of hydrogen-bond donors (Lipinski definition) is 1. The monoisotopic (exact) mass is 504 g/mol. The lowest BCUT2D eigenvalue weighted by atomic mass is 10.2. The van der Waals surface area contributed by atoms with Crippen molar-refractivity contribution in [3.05, 3.63) is 120 Å². The van der Waals surface area contributed by atoms with Gasteiger partial charge in [-0.1, -0.05) is 48.0 Å². The van der Waals surface area contributed by atoms with Gasteiger partial charge in [-0.2, -0.15) is 4.31 Å². The van der Waals surface area contributed by atoms with E-state index in [0.29, 0.717) is 22.7 Å². The Morgan fingerprint density at radius 2 is 1.44 bits per heavy atom. The summed E-state index contributed by atoms with van der Waals surface area (Å²) in [6.07, 6.45) is 0. The van der Waals surface area contributed by atoms with Crippen LogP contribution in [0, 0.1) is 12.7 Å². The topological polar surface area (TPSA) is 75.7 Å². The molecule has 0 aliphatic rings. The van der Waals surface area contributed by atoms with Crippen molar-refractivity contribution in [3.8, 4) is 11.5 Å². The molecule has 8 heteroatoms. The highest BCUT2D eigenvalue weighted by atomic mass is 32.2. The summed E-state index contributed by atoms with van der Waals surface area (Å²) in [5.41, 5.74) is 1.97. The van der Waals surface area contributed by atoms with Gasteiger partial charge in [0, 0.05) is 12.2 Å². The Morgan fingerprint density at radius 1 is 0.833 bits per heavy atom. The average Bonchev–Trinajstić information content (AvgIpc) is 2.87. The third-order valence-electron chi connectivity index (χ3n) is 5.37. The number of nitrogens with one attached hydrogen (secondary N) is 1. The lowest BCUT2D eigenvalue weighted by Crippen LogP contribution is -2.37. The number of nitrogens with zero attached hydrogens (tertiary/aromatic N) is 1. The molecule has 0 aliphatic carbocycles. The third-order valence-corrected chi connectivity index (χ3v) is 7.17. The lowest BCUT2D eigenvalue weighted by molar-refractivity contribution is -0.116. The van der Waals surface area contributed by atoms with Gasteiger partial charge < -0.3 is 10.1 Å². The molecule has 0 radical (unpaired) electrons. The number of anilines is 1. The van der Waals surface area contributed by atoms with Gasteiger partial charge in [0.1, 0.15) is 17.3 Å². The highest BCUT2D eigenvalue weighted by molar-refractivity contribution is 7.89. The van der Waals surface area contributed by atoms with Crippen molar-refractivity contribution < 1.29 is 22.3 Å². The van der Waals surface area contributed by atoms with Crippen LogP contribution in [0.2, 0.25) is 0 Å². The van der Waals surface area contributed by atoms with Crippen molar-refractivity contribution in [2.45, 2.75) is 18.4 Å². The van der Waals surface area contributed by atoms with Crippen LogP contribution in [-0.4, -0.2) is 25.2 Å². The number of amides is 1. The number of hydrogen-bond acceptors (Lipinski definition) is 4. The molecule has 184 valence electrons. The zero-order valence-corrected chi connectivity index (χ0v) is 20.4. The van der Waals surface area contributed by atoms with Crippen molar-refractivity contribution in [1.82, 2.24) is 4.31 Å². The zero-order valence-electron chi connectivity index (χ0n) is 19.6. The van der Waals surface area contributed by atoms with Crippen LogP contribution >= 0.6 is 0 Å². The molecule has 0 bridgehead atoms. The maximum atomic E-state index is 13.4. The normalized spacial score (nSPS) is 11.3. The first-order valence-electron chi connectivity index (χ1n) is 11.2. The minimum atomic E-state index is -4.00. The molecule has 0 saturated heterocycles. The van der Waals surface area contributed by atoms with E-state index in [-0.39, 0.29) is 11.4 Å². The molecular weight excluding hydrogens is 479 g/mol. The van der Waals surface area contributed by atoms with Crippen LogP contribution in [0.5, 0.6) is 11.5 Å². The van der Waals surface area contributed by atoms with Crippen molar-refractivity contribution in [2.75, 3.05) is 11.9 Å². The molecule has 1 amide bonds. The van der Waals surface area contributed by atoms with E-state index in [1.54, 1.807) is 36.4 Å². The molecule has 1 N–H and O–H groups in total. The predicted octanol–water partition coefficient (Wildman–Crippen LogP) is 5.76. The maximum absolute atomic E-state index is 13.4. The number of rotatable bonds is 9. The minimum absolute atomic E-state index is 0.0745. The fourth-order valence-corrected chi connectivity index (χ4v) is 4.85. The van der Waals surface area contributed by atoms with Gasteiger partial charge in [-0.3, -0.25) is 4.79 Å². The van der Waals surface area contributed by atoms with Crippen molar-refractivity contribution in [3.63, 3.8) is 0 Å². The standard InChI is InChI=1S/C28H25FN2O4S/c1-21-7-17-27(18-8-21)36(33,34)31(19-22-9-11-23(29)12-10-22)20-28(32)30-24-13-15-26(16-14-24)35-25-5-3-2-4-6-25/h2-18H,19-20H2,1H3,(H,30,32). The first-order valence-corrected chi connectivity index (χ1v) is 12.7. The summed E-state index contributed by atoms with van der Waals surface area (Å²) >= 11 is 0. The Bertz CT molecular complexity index is 1410. The van der Waals surface area contributed by atoms with Crippen LogP contribution in [0.1, 0.15) is 11.1 Å². The number of ether oxygens (including phenoxy) is 1. The van der Waals surface area contributed by atoms with Crippen LogP contribution in [0.3, 0.4) is 0 Å². The van der Waals surface area contributed by atoms with Crippen molar-refractivity contribution in [1.29, 1.82) is 0 Å². The molecule has 4 aromatic carbocycles. The third kappa shape index (κ3) is 6.56. The molecule has 0 fully saturated rings. The molecule has 0 atom stereocenters. The van der Waals surface area contributed by atoms with E-state index in [4.69, 9.17) is 4.74 Å². The second kappa shape index (κ2) is 11.2. The summed E-state index contributed by atoms with van der Waals surface area (Å²) in [5, 5.41) is 2.73. The molecule has 0 spiro atoms. The minimum Gasteiger partial charge on any atom is -0.457 e. The number of para-hydroxylation sites is 1. The zero-order chi connectivity index (χ0) is 25.5. The van der Waals surface area contributed by atoms with Gasteiger partial charge >= 0.3 is 0 Å². The Hall–Kier alpha value is -4.01. The molecule has 0 unspecified atom stereocenters. The van der Waals surface area contributed by atoms with Gasteiger partial charge in [-0.15, -0.1) is 0 Å². The molecule has 4 rings (SSSR count). The average molecular weight is 505 g/mol. The van der Waals surface area contributed by atoms with E-state index in [9.17, 15) is 17.6 Å². The number of aryl methyl sites for hydroxylation is 1. The van der Waals surface area contributed by atoms with Crippen molar-refractivity contribution >= 4 is 21.6 Å². The second-order valence-electron chi connectivity index (χ2n) is 8.20. The summed E-state index contributed by atoms with van der Waals surface area (Å²) < 4.78 is 46.9. The van der Waals surface area contributed by atoms with Gasteiger partial charge in [0.2, 0.25) is 15.9 Å². The number of benzene rings is 4. The van der Waals surface area contributed by atoms with Gasteiger partial charge in [-0.05, 0) is 73.2 Å². The molecule has 0 heterocycles. The summed E-state index contributed by atoms with van der Waals surface area (Å²) in [5.74, 6) is 0.347. The highest BCUT2D eigenvalue weighted by Crippen LogP contribution is 2.23. The number of carbonyl (C=O) groups excluding carboxylic acids is 1. The van der Waals surface area contributed by atoms with E-state index in [2.05, 4.69) is 5.32 Å². The van der Waals surface area contributed by atoms with E-state index >= 15 is 0 Å². The summed E-state index contributed by atoms with van der Waals surface area (Å²) in [4.78, 5) is 12.9. The Labute approximate surface area is 210 Å². The molecule has 0 aliphatic heterocycles. The van der Waals surface area contributed by atoms with Gasteiger partial charge in [0.25, 0.3) is 0 Å². The first kappa shape index (κ1) is 25.1. The Kier molecular flexibility index (Phi) is 7.77. The molecule has 0 saturated carbocycles. The van der Waals surface area contributed by atoms with Gasteiger partial charge in [0.15, 0.2) is 0 Å². The molecular formula is C28H25FN2O4S.